The van der Waals surface area contributed by atoms with Crippen molar-refractivity contribution >= 4 is 43.5 Å². The van der Waals surface area contributed by atoms with Gasteiger partial charge in [0.1, 0.15) is 12.6 Å². The van der Waals surface area contributed by atoms with Crippen LogP contribution in [-0.2, 0) is 32.6 Å². The predicted molar refractivity (Wildman–Crippen MR) is 167 cm³/mol. The number of nitrogens with one attached hydrogen (secondary N) is 1. The van der Waals surface area contributed by atoms with Gasteiger partial charge in [-0.3, -0.25) is 13.9 Å². The number of carbonyl (C=O) groups is 2. The van der Waals surface area contributed by atoms with Crippen molar-refractivity contribution < 1.29 is 18.0 Å². The van der Waals surface area contributed by atoms with Crippen LogP contribution in [0, 0.1) is 13.8 Å². The maximum Gasteiger partial charge on any atom is 0.244 e. The topological polar surface area (TPSA) is 86.8 Å². The van der Waals surface area contributed by atoms with Gasteiger partial charge in [0, 0.05) is 23.5 Å². The minimum absolute atomic E-state index is 0.0756. The zero-order chi connectivity index (χ0) is 29.6. The molecule has 0 aliphatic heterocycles. The van der Waals surface area contributed by atoms with Gasteiger partial charge >= 0.3 is 0 Å². The number of hydrogen-bond acceptors (Lipinski definition) is 4. The van der Waals surface area contributed by atoms with E-state index in [1.165, 1.54) is 4.90 Å². The quantitative estimate of drug-likeness (QED) is 0.299. The van der Waals surface area contributed by atoms with Crippen LogP contribution in [0.4, 0.5) is 5.69 Å². The van der Waals surface area contributed by atoms with Crippen LogP contribution in [0.5, 0.6) is 0 Å². The molecule has 0 saturated heterocycles. The van der Waals surface area contributed by atoms with Crippen LogP contribution >= 0.6 is 15.9 Å². The molecule has 1 saturated carbocycles. The van der Waals surface area contributed by atoms with Crippen molar-refractivity contribution in [1.82, 2.24) is 10.2 Å². The lowest BCUT2D eigenvalue weighted by Gasteiger charge is -2.34. The summed E-state index contributed by atoms with van der Waals surface area (Å²) in [5.41, 5.74) is 4.11. The Morgan fingerprint density at radius 2 is 1.61 bits per heavy atom. The highest BCUT2D eigenvalue weighted by Crippen LogP contribution is 2.24. The molecule has 0 spiro atoms. The van der Waals surface area contributed by atoms with E-state index in [0.717, 1.165) is 63.0 Å². The molecule has 4 rings (SSSR count). The first-order chi connectivity index (χ1) is 19.5. The molecule has 1 fully saturated rings. The van der Waals surface area contributed by atoms with Gasteiger partial charge in [-0.15, -0.1) is 0 Å². The number of amides is 2. The second-order valence-electron chi connectivity index (χ2n) is 10.9. The van der Waals surface area contributed by atoms with Gasteiger partial charge in [0.2, 0.25) is 21.8 Å². The maximum absolute atomic E-state index is 14.2. The molecule has 3 aromatic carbocycles. The van der Waals surface area contributed by atoms with E-state index in [4.69, 9.17) is 0 Å². The Bertz CT molecular complexity index is 1470. The van der Waals surface area contributed by atoms with Crippen LogP contribution in [0.2, 0.25) is 0 Å². The molecule has 2 amide bonds. The predicted octanol–water partition coefficient (Wildman–Crippen LogP) is 5.53. The number of anilines is 1. The zero-order valence-corrected chi connectivity index (χ0v) is 26.2. The van der Waals surface area contributed by atoms with Crippen LogP contribution in [0.1, 0.15) is 47.9 Å². The van der Waals surface area contributed by atoms with Crippen molar-refractivity contribution in [2.24, 2.45) is 0 Å². The summed E-state index contributed by atoms with van der Waals surface area (Å²) in [5, 5.41) is 3.19. The van der Waals surface area contributed by atoms with E-state index in [9.17, 15) is 18.0 Å². The van der Waals surface area contributed by atoms with Crippen molar-refractivity contribution in [2.75, 3.05) is 17.1 Å². The fourth-order valence-electron chi connectivity index (χ4n) is 5.25. The summed E-state index contributed by atoms with van der Waals surface area (Å²) in [4.78, 5) is 29.7. The number of carbonyl (C=O) groups excluding carboxylic acids is 2. The summed E-state index contributed by atoms with van der Waals surface area (Å²) in [7, 11) is -3.80. The first-order valence-electron chi connectivity index (χ1n) is 13.9. The van der Waals surface area contributed by atoms with Gasteiger partial charge < -0.3 is 10.2 Å². The van der Waals surface area contributed by atoms with E-state index in [-0.39, 0.29) is 18.5 Å². The van der Waals surface area contributed by atoms with Crippen LogP contribution < -0.4 is 9.62 Å². The molecule has 3 aromatic rings. The zero-order valence-electron chi connectivity index (χ0n) is 23.8. The molecule has 0 radical (unpaired) electrons. The third kappa shape index (κ3) is 8.42. The molecular formula is C32H38BrN3O4S. The molecule has 41 heavy (non-hydrogen) atoms. The standard InChI is InChI=1S/C32H38BrN3O4S/c1-23-16-17-29(18-24(23)2)36(41(3,39)40)22-31(37)35(21-26-12-9-13-27(33)19-26)30(20-25-10-5-4-6-11-25)32(38)34-28-14-7-8-15-28/h4-6,9-13,16-19,28,30H,7-8,14-15,20-22H2,1-3H3,(H,34,38)/t30-/m1/s1. The van der Waals surface area contributed by atoms with Gasteiger partial charge in [-0.25, -0.2) is 8.42 Å². The molecule has 1 N–H and O–H groups in total. The highest BCUT2D eigenvalue weighted by Gasteiger charge is 2.34. The van der Waals surface area contributed by atoms with Crippen molar-refractivity contribution in [3.8, 4) is 0 Å². The molecule has 1 aliphatic rings. The summed E-state index contributed by atoms with van der Waals surface area (Å²) in [6.45, 7) is 3.59. The lowest BCUT2D eigenvalue weighted by atomic mass is 10.0. The number of sulfonamides is 1. The number of hydrogen-bond donors (Lipinski definition) is 1. The van der Waals surface area contributed by atoms with Crippen LogP contribution in [-0.4, -0.2) is 50.0 Å². The van der Waals surface area contributed by atoms with Crippen molar-refractivity contribution in [1.29, 1.82) is 0 Å². The van der Waals surface area contributed by atoms with Crippen molar-refractivity contribution in [2.45, 2.75) is 64.6 Å². The van der Waals surface area contributed by atoms with E-state index in [0.29, 0.717) is 12.1 Å². The molecule has 0 bridgehead atoms. The third-order valence-electron chi connectivity index (χ3n) is 7.67. The molecule has 218 valence electrons. The van der Waals surface area contributed by atoms with Gasteiger partial charge in [0.05, 0.1) is 11.9 Å². The molecule has 7 nitrogen and oxygen atoms in total. The summed E-state index contributed by atoms with van der Waals surface area (Å²) in [6.07, 6.45) is 5.36. The first-order valence-corrected chi connectivity index (χ1v) is 16.6. The smallest absolute Gasteiger partial charge is 0.244 e. The third-order valence-corrected chi connectivity index (χ3v) is 9.31. The Labute approximate surface area is 252 Å². The molecule has 1 atom stereocenters. The molecule has 9 heteroatoms. The monoisotopic (exact) mass is 639 g/mol. The maximum atomic E-state index is 14.2. The molecule has 1 aliphatic carbocycles. The van der Waals surface area contributed by atoms with Gasteiger partial charge in [0.25, 0.3) is 0 Å². The van der Waals surface area contributed by atoms with Gasteiger partial charge in [-0.1, -0.05) is 77.3 Å². The lowest BCUT2D eigenvalue weighted by Crippen LogP contribution is -2.54. The second kappa shape index (κ2) is 13.7. The lowest BCUT2D eigenvalue weighted by molar-refractivity contribution is -0.140. The Morgan fingerprint density at radius 3 is 2.24 bits per heavy atom. The summed E-state index contributed by atoms with van der Waals surface area (Å²) >= 11 is 3.51. The van der Waals surface area contributed by atoms with Gasteiger partial charge in [-0.05, 0) is 73.2 Å². The molecule has 0 aromatic heterocycles. The minimum atomic E-state index is -3.80. The highest BCUT2D eigenvalue weighted by molar-refractivity contribution is 9.10. The highest BCUT2D eigenvalue weighted by atomic mass is 79.9. The number of halogens is 1. The van der Waals surface area contributed by atoms with Gasteiger partial charge in [0.15, 0.2) is 0 Å². The van der Waals surface area contributed by atoms with E-state index in [1.807, 2.05) is 74.5 Å². The average molecular weight is 641 g/mol. The Balaban J connectivity index is 1.73. The Morgan fingerprint density at radius 1 is 0.927 bits per heavy atom. The summed E-state index contributed by atoms with van der Waals surface area (Å²) in [5.74, 6) is -0.669. The fourth-order valence-corrected chi connectivity index (χ4v) is 6.54. The number of rotatable bonds is 11. The Kier molecular flexibility index (Phi) is 10.3. The van der Waals surface area contributed by atoms with E-state index >= 15 is 0 Å². The Hall–Kier alpha value is -3.17. The van der Waals surface area contributed by atoms with E-state index < -0.39 is 28.5 Å². The summed E-state index contributed by atoms with van der Waals surface area (Å²) in [6, 6.07) is 21.8. The van der Waals surface area contributed by atoms with Crippen LogP contribution in [0.15, 0.2) is 77.3 Å². The average Bonchev–Trinajstić information content (AvgIpc) is 3.44. The normalized spacial score (nSPS) is 14.4. The molecular weight excluding hydrogens is 602 g/mol. The van der Waals surface area contributed by atoms with Crippen molar-refractivity contribution in [3.63, 3.8) is 0 Å². The van der Waals surface area contributed by atoms with E-state index in [2.05, 4.69) is 21.2 Å². The minimum Gasteiger partial charge on any atom is -0.352 e. The van der Waals surface area contributed by atoms with Crippen LogP contribution in [0.25, 0.3) is 0 Å². The van der Waals surface area contributed by atoms with Crippen LogP contribution in [0.3, 0.4) is 0 Å². The number of benzene rings is 3. The largest absolute Gasteiger partial charge is 0.352 e. The summed E-state index contributed by atoms with van der Waals surface area (Å²) < 4.78 is 27.9. The first kappa shape index (κ1) is 30.8. The SMILES string of the molecule is Cc1ccc(N(CC(=O)N(Cc2cccc(Br)c2)[C@H](Cc2ccccc2)C(=O)NC2CCCC2)S(C)(=O)=O)cc1C. The molecule has 0 heterocycles. The fraction of sp³-hybridized carbons (Fsp3) is 0.375. The van der Waals surface area contributed by atoms with Crippen molar-refractivity contribution in [3.05, 3.63) is 99.5 Å². The number of nitrogens with zero attached hydrogens (tertiary/aromatic N) is 2. The number of aryl methyl sites for hydroxylation is 2. The van der Waals surface area contributed by atoms with E-state index in [1.54, 1.807) is 12.1 Å². The van der Waals surface area contributed by atoms with Gasteiger partial charge in [-0.2, -0.15) is 0 Å². The molecule has 0 unspecified atom stereocenters. The second-order valence-corrected chi connectivity index (χ2v) is 13.7.